The second-order valence-electron chi connectivity index (χ2n) is 9.50. The van der Waals surface area contributed by atoms with Gasteiger partial charge in [0.15, 0.2) is 6.10 Å². The molecule has 11 nitrogen and oxygen atoms in total. The van der Waals surface area contributed by atoms with Crippen molar-refractivity contribution >= 4 is 25.7 Å². The molecule has 3 atom stereocenters. The van der Waals surface area contributed by atoms with Gasteiger partial charge in [-0.05, 0) is 51.4 Å². The van der Waals surface area contributed by atoms with E-state index in [0.29, 0.717) is 19.3 Å². The Hall–Kier alpha value is -3.08. The predicted molar refractivity (Wildman–Crippen MR) is 171 cm³/mol. The number of rotatable bonds is 26. The lowest BCUT2D eigenvalue weighted by Crippen LogP contribution is -2.34. The molecule has 0 aliphatic heterocycles. The Labute approximate surface area is 261 Å². The average Bonchev–Trinajstić information content (AvgIpc) is 2.98. The third-order valence-electron chi connectivity index (χ3n) is 5.45. The monoisotopic (exact) mass is 639 g/mol. The summed E-state index contributed by atoms with van der Waals surface area (Å²) in [4.78, 5) is 44.5. The number of carboxylic acid groups (broad SMARTS) is 1. The number of ether oxygens (including phenoxy) is 2. The lowest BCUT2D eigenvalue weighted by Gasteiger charge is -2.20. The summed E-state index contributed by atoms with van der Waals surface area (Å²) in [6.45, 7) is 2.13. The topological polar surface area (TPSA) is 172 Å². The van der Waals surface area contributed by atoms with Crippen molar-refractivity contribution in [2.45, 2.75) is 90.2 Å². The quantitative estimate of drug-likeness (QED) is 0.0554. The van der Waals surface area contributed by atoms with Crippen molar-refractivity contribution in [3.63, 3.8) is 0 Å². The van der Waals surface area contributed by atoms with Crippen molar-refractivity contribution < 1.29 is 47.5 Å². The lowest BCUT2D eigenvalue weighted by molar-refractivity contribution is -0.161. The highest BCUT2D eigenvalue weighted by Gasteiger charge is 2.28. The summed E-state index contributed by atoms with van der Waals surface area (Å²) in [7, 11) is -4.70. The summed E-state index contributed by atoms with van der Waals surface area (Å²) in [5, 5.41) is 8.75. The van der Waals surface area contributed by atoms with Gasteiger partial charge < -0.3 is 25.2 Å². The van der Waals surface area contributed by atoms with Crippen LogP contribution in [-0.4, -0.2) is 59.9 Å². The zero-order chi connectivity index (χ0) is 32.9. The van der Waals surface area contributed by atoms with Crippen LogP contribution in [0.1, 0.15) is 78.1 Å². The van der Waals surface area contributed by atoms with Gasteiger partial charge in [0.05, 0.1) is 13.2 Å². The molecule has 0 rings (SSSR count). The van der Waals surface area contributed by atoms with Crippen LogP contribution in [0.2, 0.25) is 0 Å². The maximum absolute atomic E-state index is 12.3. The van der Waals surface area contributed by atoms with Gasteiger partial charge >= 0.3 is 25.7 Å². The van der Waals surface area contributed by atoms with Crippen LogP contribution in [0.15, 0.2) is 72.9 Å². The van der Waals surface area contributed by atoms with Gasteiger partial charge in [-0.2, -0.15) is 0 Å². The van der Waals surface area contributed by atoms with Crippen molar-refractivity contribution in [3.05, 3.63) is 72.9 Å². The van der Waals surface area contributed by atoms with Gasteiger partial charge in [-0.1, -0.05) is 86.8 Å². The highest BCUT2D eigenvalue weighted by atomic mass is 31.2. The molecular weight excluding hydrogens is 589 g/mol. The number of carboxylic acids is 1. The minimum absolute atomic E-state index is 0.0301. The first-order valence-corrected chi connectivity index (χ1v) is 16.5. The molecule has 0 aliphatic rings. The fourth-order valence-corrected chi connectivity index (χ4v) is 3.90. The first-order valence-electron chi connectivity index (χ1n) is 15.0. The summed E-state index contributed by atoms with van der Waals surface area (Å²) in [5.41, 5.74) is 5.24. The zero-order valence-corrected chi connectivity index (χ0v) is 26.9. The van der Waals surface area contributed by atoms with E-state index in [0.717, 1.165) is 32.1 Å². The van der Waals surface area contributed by atoms with Gasteiger partial charge in [0.2, 0.25) is 0 Å². The number of nitrogens with two attached hydrogens (primary N) is 1. The van der Waals surface area contributed by atoms with Crippen LogP contribution < -0.4 is 5.73 Å². The van der Waals surface area contributed by atoms with Crippen LogP contribution in [0.4, 0.5) is 0 Å². The van der Waals surface area contributed by atoms with Crippen LogP contribution in [0.25, 0.3) is 0 Å². The summed E-state index contributed by atoms with van der Waals surface area (Å²) >= 11 is 0. The molecule has 248 valence electrons. The van der Waals surface area contributed by atoms with Gasteiger partial charge in [0, 0.05) is 12.8 Å². The molecule has 0 amide bonds. The predicted octanol–water partition coefficient (Wildman–Crippen LogP) is 6.26. The second-order valence-corrected chi connectivity index (χ2v) is 11.0. The highest BCUT2D eigenvalue weighted by Crippen LogP contribution is 2.43. The van der Waals surface area contributed by atoms with Gasteiger partial charge in [0.25, 0.3) is 0 Å². The van der Waals surface area contributed by atoms with E-state index in [2.05, 4.69) is 66.1 Å². The number of allylic oxidation sites excluding steroid dienone is 12. The van der Waals surface area contributed by atoms with Gasteiger partial charge in [-0.15, -0.1) is 0 Å². The standard InChI is InChI=1S/C32H50NO10P/c1-3-5-6-7-8-9-10-11-12-13-14-15-16-17-18-19-20-21-22-24-31(35)43-28(25-40-30(34)23-4-2)26-41-44(38,39)42-27-29(33)32(36)37/h5-6,8-9,11-12,14-15,17-18,20-21,28-29H,3-4,7,10,13,16,19,22-27,33H2,1-2H3,(H,36,37)(H,38,39)/b6-5-,9-8-,12-11-,15-14-,18-17-,21-20-. The average molecular weight is 640 g/mol. The maximum atomic E-state index is 12.3. The van der Waals surface area contributed by atoms with E-state index in [4.69, 9.17) is 24.8 Å². The minimum atomic E-state index is -4.70. The van der Waals surface area contributed by atoms with E-state index in [1.54, 1.807) is 6.92 Å². The van der Waals surface area contributed by atoms with E-state index >= 15 is 0 Å². The Bertz CT molecular complexity index is 1030. The molecular formula is C32H50NO10P. The van der Waals surface area contributed by atoms with Crippen molar-refractivity contribution in [1.82, 2.24) is 0 Å². The molecule has 0 aliphatic carbocycles. The number of aliphatic carboxylic acids is 1. The third-order valence-corrected chi connectivity index (χ3v) is 6.40. The molecule has 0 saturated carbocycles. The van der Waals surface area contributed by atoms with Crippen molar-refractivity contribution in [1.29, 1.82) is 0 Å². The fourth-order valence-electron chi connectivity index (χ4n) is 3.12. The Morgan fingerprint density at radius 1 is 0.705 bits per heavy atom. The van der Waals surface area contributed by atoms with Crippen molar-refractivity contribution in [3.8, 4) is 0 Å². The number of phosphoric acid groups is 1. The Morgan fingerprint density at radius 3 is 1.66 bits per heavy atom. The number of carbonyl (C=O) groups excluding carboxylic acids is 2. The van der Waals surface area contributed by atoms with Gasteiger partial charge in [0.1, 0.15) is 12.6 Å². The first kappa shape index (κ1) is 40.9. The Balaban J connectivity index is 4.39. The molecule has 12 heteroatoms. The molecule has 0 radical (unpaired) electrons. The summed E-state index contributed by atoms with van der Waals surface area (Å²) < 4.78 is 31.7. The SMILES string of the molecule is CC/C=C\C/C=C\C/C=C\C/C=C\C/C=C\C/C=C\CCC(=O)OC(COC(=O)CCC)COP(=O)(O)OCC(N)C(=O)O. The zero-order valence-electron chi connectivity index (χ0n) is 26.0. The molecule has 0 aromatic rings. The Kier molecular flexibility index (Phi) is 25.5. The van der Waals surface area contributed by atoms with Crippen LogP contribution in [0.5, 0.6) is 0 Å². The molecule has 0 heterocycles. The number of hydrogen-bond donors (Lipinski definition) is 3. The molecule has 0 aromatic heterocycles. The molecule has 44 heavy (non-hydrogen) atoms. The third kappa shape index (κ3) is 26.5. The normalized spacial score (nSPS) is 15.2. The number of esters is 2. The molecule has 0 spiro atoms. The summed E-state index contributed by atoms with van der Waals surface area (Å²) in [6.07, 6.45) is 30.5. The molecule has 4 N–H and O–H groups in total. The first-order chi connectivity index (χ1) is 21.1. The maximum Gasteiger partial charge on any atom is 0.472 e. The minimum Gasteiger partial charge on any atom is -0.480 e. The lowest BCUT2D eigenvalue weighted by atomic mass is 10.2. The fraction of sp³-hybridized carbons (Fsp3) is 0.531. The molecule has 0 saturated heterocycles. The van der Waals surface area contributed by atoms with Crippen LogP contribution in [0, 0.1) is 0 Å². The van der Waals surface area contributed by atoms with Crippen LogP contribution in [-0.2, 0) is 37.5 Å². The summed E-state index contributed by atoms with van der Waals surface area (Å²) in [6, 6.07) is -1.53. The highest BCUT2D eigenvalue weighted by molar-refractivity contribution is 7.47. The van der Waals surface area contributed by atoms with E-state index in [1.165, 1.54) is 0 Å². The van der Waals surface area contributed by atoms with E-state index in [9.17, 15) is 23.8 Å². The number of phosphoric ester groups is 1. The van der Waals surface area contributed by atoms with E-state index in [-0.39, 0.29) is 19.4 Å². The van der Waals surface area contributed by atoms with Crippen LogP contribution >= 0.6 is 7.82 Å². The molecule has 0 bridgehead atoms. The van der Waals surface area contributed by atoms with Gasteiger partial charge in [-0.3, -0.25) is 23.4 Å². The molecule has 0 aromatic carbocycles. The van der Waals surface area contributed by atoms with Crippen molar-refractivity contribution in [2.24, 2.45) is 5.73 Å². The summed E-state index contributed by atoms with van der Waals surface area (Å²) in [5.74, 6) is -2.57. The smallest absolute Gasteiger partial charge is 0.472 e. The van der Waals surface area contributed by atoms with E-state index < -0.39 is 51.1 Å². The van der Waals surface area contributed by atoms with Crippen molar-refractivity contribution in [2.75, 3.05) is 19.8 Å². The number of hydrogen-bond acceptors (Lipinski definition) is 9. The molecule has 3 unspecified atom stereocenters. The van der Waals surface area contributed by atoms with Gasteiger partial charge in [-0.25, -0.2) is 4.57 Å². The second kappa shape index (κ2) is 27.5. The largest absolute Gasteiger partial charge is 0.480 e. The Morgan fingerprint density at radius 2 is 1.18 bits per heavy atom. The van der Waals surface area contributed by atoms with Crippen LogP contribution in [0.3, 0.4) is 0 Å². The van der Waals surface area contributed by atoms with E-state index in [1.807, 2.05) is 18.2 Å². The molecule has 0 fully saturated rings. The number of carbonyl (C=O) groups is 3.